The number of alkyl halides is 3. The van der Waals surface area contributed by atoms with E-state index in [-0.39, 0.29) is 11.9 Å². The summed E-state index contributed by atoms with van der Waals surface area (Å²) in [6.45, 7) is 3.18. The van der Waals surface area contributed by atoms with Gasteiger partial charge in [0, 0.05) is 38.6 Å². The summed E-state index contributed by atoms with van der Waals surface area (Å²) in [5, 5.41) is 0. The fourth-order valence-corrected chi connectivity index (χ4v) is 4.61. The van der Waals surface area contributed by atoms with E-state index >= 15 is 0 Å². The lowest BCUT2D eigenvalue weighted by Gasteiger charge is -2.47. The van der Waals surface area contributed by atoms with Gasteiger partial charge in [0.25, 0.3) is 0 Å². The van der Waals surface area contributed by atoms with E-state index in [1.54, 1.807) is 0 Å². The summed E-state index contributed by atoms with van der Waals surface area (Å²) < 4.78 is 38.4. The molecule has 6 heteroatoms. The number of nitrogens with zero attached hydrogens (tertiary/aromatic N) is 2. The molecule has 0 aliphatic carbocycles. The van der Waals surface area contributed by atoms with Gasteiger partial charge in [0.1, 0.15) is 0 Å². The van der Waals surface area contributed by atoms with Crippen LogP contribution in [0.2, 0.25) is 0 Å². The highest BCUT2D eigenvalue weighted by atomic mass is 19.4. The normalized spacial score (nSPS) is 23.1. The van der Waals surface area contributed by atoms with Gasteiger partial charge in [-0.3, -0.25) is 9.69 Å². The number of likely N-dealkylation sites (tertiary alicyclic amines) is 2. The molecule has 2 aromatic rings. The number of fused-ring (bicyclic) bond motifs is 1. The number of carbonyl (C=O) groups is 1. The molecule has 0 bridgehead atoms. The number of halogens is 3. The third-order valence-corrected chi connectivity index (χ3v) is 6.11. The fraction of sp³-hybridized carbons (Fsp3) is 0.435. The van der Waals surface area contributed by atoms with Gasteiger partial charge < -0.3 is 4.90 Å². The third-order valence-electron chi connectivity index (χ3n) is 6.11. The number of piperidine rings is 2. The lowest BCUT2D eigenvalue weighted by atomic mass is 9.83. The predicted molar refractivity (Wildman–Crippen MR) is 105 cm³/mol. The van der Waals surface area contributed by atoms with Crippen LogP contribution in [-0.4, -0.2) is 34.8 Å². The number of hydrogen-bond acceptors (Lipinski definition) is 2. The average Bonchev–Trinajstić information content (AvgIpc) is 2.71. The lowest BCUT2D eigenvalue weighted by Crippen LogP contribution is -2.55. The van der Waals surface area contributed by atoms with Crippen molar-refractivity contribution in [1.82, 2.24) is 9.80 Å². The van der Waals surface area contributed by atoms with Crippen molar-refractivity contribution >= 4 is 5.91 Å². The zero-order valence-electron chi connectivity index (χ0n) is 16.2. The van der Waals surface area contributed by atoms with Crippen molar-refractivity contribution < 1.29 is 18.0 Å². The van der Waals surface area contributed by atoms with Crippen LogP contribution in [0.3, 0.4) is 0 Å². The average molecular weight is 402 g/mol. The predicted octanol–water partition coefficient (Wildman–Crippen LogP) is 4.72. The highest BCUT2D eigenvalue weighted by Crippen LogP contribution is 2.34. The van der Waals surface area contributed by atoms with E-state index in [1.165, 1.54) is 17.7 Å². The van der Waals surface area contributed by atoms with Crippen LogP contribution in [0.25, 0.3) is 0 Å². The van der Waals surface area contributed by atoms with Crippen LogP contribution < -0.4 is 0 Å². The largest absolute Gasteiger partial charge is 0.416 e. The van der Waals surface area contributed by atoms with Gasteiger partial charge >= 0.3 is 6.18 Å². The van der Waals surface area contributed by atoms with Crippen LogP contribution in [0.5, 0.6) is 0 Å². The Hall–Kier alpha value is -2.34. The van der Waals surface area contributed by atoms with Crippen LogP contribution in [-0.2, 0) is 24.1 Å². The molecule has 0 N–H and O–H groups in total. The molecule has 0 aromatic heterocycles. The number of carbonyl (C=O) groups excluding carboxylic acids is 1. The first-order valence-corrected chi connectivity index (χ1v) is 10.1. The van der Waals surface area contributed by atoms with Gasteiger partial charge in [-0.05, 0) is 42.0 Å². The quantitative estimate of drug-likeness (QED) is 0.739. The number of rotatable bonds is 4. The van der Waals surface area contributed by atoms with Gasteiger partial charge in [0.05, 0.1) is 5.56 Å². The second kappa shape index (κ2) is 8.19. The molecule has 0 unspecified atom stereocenters. The standard InChI is InChI=1S/C23H25F3N2O/c24-23(25,26)20-9-6-18(7-10-20)15-28-21-12-13-27(14-17-4-2-1-3-5-17)16-19(21)8-11-22(28)29/h1-7,9-10,19,21H,8,11-16H2/t19-,21+/m1/s1. The Kier molecular flexibility index (Phi) is 5.63. The van der Waals surface area contributed by atoms with Crippen molar-refractivity contribution in [2.24, 2.45) is 5.92 Å². The van der Waals surface area contributed by atoms with Gasteiger partial charge in [0.15, 0.2) is 0 Å². The van der Waals surface area contributed by atoms with E-state index in [4.69, 9.17) is 0 Å². The molecule has 2 aromatic carbocycles. The SMILES string of the molecule is O=C1CC[C@@H]2CN(Cc3ccccc3)CC[C@@H]2N1Cc1ccc(C(F)(F)F)cc1. The molecule has 154 valence electrons. The van der Waals surface area contributed by atoms with Gasteiger partial charge in [-0.25, -0.2) is 0 Å². The monoisotopic (exact) mass is 402 g/mol. The first-order chi connectivity index (χ1) is 13.9. The topological polar surface area (TPSA) is 23.6 Å². The zero-order chi connectivity index (χ0) is 20.4. The summed E-state index contributed by atoms with van der Waals surface area (Å²) >= 11 is 0. The molecule has 2 aliphatic heterocycles. The molecule has 4 rings (SSSR count). The minimum Gasteiger partial charge on any atom is -0.335 e. The van der Waals surface area contributed by atoms with Gasteiger partial charge in [0.2, 0.25) is 5.91 Å². The van der Waals surface area contributed by atoms with Gasteiger partial charge in [-0.1, -0.05) is 42.5 Å². The molecule has 0 saturated carbocycles. The fourth-order valence-electron chi connectivity index (χ4n) is 4.61. The van der Waals surface area contributed by atoms with Crippen molar-refractivity contribution in [1.29, 1.82) is 0 Å². The number of benzene rings is 2. The summed E-state index contributed by atoms with van der Waals surface area (Å²) in [6.07, 6.45) is -2.03. The lowest BCUT2D eigenvalue weighted by molar-refractivity contribution is -0.142. The van der Waals surface area contributed by atoms with Crippen LogP contribution in [0.1, 0.15) is 36.0 Å². The van der Waals surface area contributed by atoms with E-state index in [0.29, 0.717) is 18.9 Å². The van der Waals surface area contributed by atoms with Crippen LogP contribution >= 0.6 is 0 Å². The molecule has 2 atom stereocenters. The molecular formula is C23H25F3N2O. The molecule has 3 nitrogen and oxygen atoms in total. The Morgan fingerprint density at radius 1 is 0.897 bits per heavy atom. The van der Waals surface area contributed by atoms with Crippen LogP contribution in [0.4, 0.5) is 13.2 Å². The molecular weight excluding hydrogens is 377 g/mol. The molecule has 2 aliphatic rings. The smallest absolute Gasteiger partial charge is 0.335 e. The Labute approximate surface area is 169 Å². The highest BCUT2D eigenvalue weighted by Gasteiger charge is 2.39. The highest BCUT2D eigenvalue weighted by molar-refractivity contribution is 5.77. The first-order valence-electron chi connectivity index (χ1n) is 10.1. The molecule has 29 heavy (non-hydrogen) atoms. The van der Waals surface area contributed by atoms with Gasteiger partial charge in [-0.15, -0.1) is 0 Å². The van der Waals surface area contributed by atoms with E-state index in [2.05, 4.69) is 17.0 Å². The van der Waals surface area contributed by atoms with E-state index < -0.39 is 11.7 Å². The third kappa shape index (κ3) is 4.64. The Morgan fingerprint density at radius 2 is 1.59 bits per heavy atom. The summed E-state index contributed by atoms with van der Waals surface area (Å²) in [4.78, 5) is 16.9. The Morgan fingerprint density at radius 3 is 2.28 bits per heavy atom. The van der Waals surface area contributed by atoms with Crippen molar-refractivity contribution in [3.8, 4) is 0 Å². The van der Waals surface area contributed by atoms with Crippen molar-refractivity contribution in [2.45, 2.75) is 44.6 Å². The minimum absolute atomic E-state index is 0.114. The summed E-state index contributed by atoms with van der Waals surface area (Å²) in [5.74, 6) is 0.530. The first kappa shape index (κ1) is 20.0. The van der Waals surface area contributed by atoms with Crippen molar-refractivity contribution in [2.75, 3.05) is 13.1 Å². The molecule has 1 amide bonds. The molecule has 2 heterocycles. The molecule has 0 radical (unpaired) electrons. The van der Waals surface area contributed by atoms with Crippen molar-refractivity contribution in [3.05, 3.63) is 71.3 Å². The van der Waals surface area contributed by atoms with E-state index in [0.717, 1.165) is 50.2 Å². The second-order valence-electron chi connectivity index (χ2n) is 8.09. The van der Waals surface area contributed by atoms with Gasteiger partial charge in [-0.2, -0.15) is 13.2 Å². The maximum atomic E-state index is 12.8. The van der Waals surface area contributed by atoms with E-state index in [9.17, 15) is 18.0 Å². The molecule has 0 spiro atoms. The minimum atomic E-state index is -4.34. The summed E-state index contributed by atoms with van der Waals surface area (Å²) in [5.41, 5.74) is 1.39. The number of hydrogen-bond donors (Lipinski definition) is 0. The second-order valence-corrected chi connectivity index (χ2v) is 8.09. The maximum absolute atomic E-state index is 12.8. The Bertz CT molecular complexity index is 835. The summed E-state index contributed by atoms with van der Waals surface area (Å²) in [6, 6.07) is 15.7. The van der Waals surface area contributed by atoms with Crippen LogP contribution in [0.15, 0.2) is 54.6 Å². The van der Waals surface area contributed by atoms with E-state index in [1.807, 2.05) is 23.1 Å². The summed E-state index contributed by atoms with van der Waals surface area (Å²) in [7, 11) is 0. The Balaban J connectivity index is 1.41. The van der Waals surface area contributed by atoms with Crippen LogP contribution in [0, 0.1) is 5.92 Å². The zero-order valence-corrected chi connectivity index (χ0v) is 16.2. The maximum Gasteiger partial charge on any atom is 0.416 e. The molecule has 2 saturated heterocycles. The molecule has 2 fully saturated rings. The van der Waals surface area contributed by atoms with Crippen molar-refractivity contribution in [3.63, 3.8) is 0 Å². The number of amides is 1.